The van der Waals surface area contributed by atoms with Crippen molar-refractivity contribution in [3.63, 3.8) is 0 Å². The predicted molar refractivity (Wildman–Crippen MR) is 99.9 cm³/mol. The van der Waals surface area contributed by atoms with E-state index in [2.05, 4.69) is 19.8 Å². The lowest BCUT2D eigenvalue weighted by molar-refractivity contribution is -0.286. The first-order chi connectivity index (χ1) is 13.9. The number of ether oxygens (including phenoxy) is 2. The second kappa shape index (κ2) is 7.31. The zero-order valence-corrected chi connectivity index (χ0v) is 14.7. The van der Waals surface area contributed by atoms with Crippen LogP contribution in [0.1, 0.15) is 5.56 Å². The molecule has 0 saturated carbocycles. The van der Waals surface area contributed by atoms with Gasteiger partial charge >= 0.3 is 6.29 Å². The van der Waals surface area contributed by atoms with E-state index in [4.69, 9.17) is 0 Å². The number of rotatable bonds is 4. The van der Waals surface area contributed by atoms with Crippen LogP contribution in [0.3, 0.4) is 0 Å². The summed E-state index contributed by atoms with van der Waals surface area (Å²) < 4.78 is 49.0. The van der Waals surface area contributed by atoms with Crippen LogP contribution in [0.2, 0.25) is 0 Å². The molecule has 0 radical (unpaired) electrons. The van der Waals surface area contributed by atoms with E-state index in [1.807, 2.05) is 0 Å². The number of nitrogens with one attached hydrogen (secondary N) is 1. The van der Waals surface area contributed by atoms with Crippen molar-refractivity contribution in [2.24, 2.45) is 0 Å². The highest BCUT2D eigenvalue weighted by atomic mass is 19.3. The Bertz CT molecular complexity index is 1100. The van der Waals surface area contributed by atoms with Gasteiger partial charge in [0, 0.05) is 17.8 Å². The lowest BCUT2D eigenvalue weighted by Gasteiger charge is -2.07. The van der Waals surface area contributed by atoms with Crippen LogP contribution in [0, 0.1) is 5.82 Å². The van der Waals surface area contributed by atoms with Crippen LogP contribution < -0.4 is 14.8 Å². The van der Waals surface area contributed by atoms with Crippen LogP contribution in [0.25, 0.3) is 17.3 Å². The van der Waals surface area contributed by atoms with Crippen molar-refractivity contribution >= 4 is 17.7 Å². The van der Waals surface area contributed by atoms with Gasteiger partial charge in [-0.3, -0.25) is 9.78 Å². The molecule has 0 saturated heterocycles. The number of anilines is 1. The molecule has 1 N–H and O–H groups in total. The molecule has 0 atom stereocenters. The number of hydrogen-bond acceptors (Lipinski definition) is 4. The van der Waals surface area contributed by atoms with Crippen molar-refractivity contribution in [3.8, 4) is 22.8 Å². The molecule has 146 valence electrons. The Labute approximate surface area is 163 Å². The summed E-state index contributed by atoms with van der Waals surface area (Å²) in [5.41, 5.74) is 1.49. The lowest BCUT2D eigenvalue weighted by Crippen LogP contribution is -2.26. The van der Waals surface area contributed by atoms with Crippen LogP contribution in [0.5, 0.6) is 11.5 Å². The van der Waals surface area contributed by atoms with E-state index in [1.165, 1.54) is 42.6 Å². The quantitative estimate of drug-likeness (QED) is 0.638. The standard InChI is InChI=1S/C21H13F3N2O3/c22-15-5-2-1-4-14(15)16-10-8-13(12-25-16)9-11-19(27)26-17-6-3-7-18-20(17)29-21(23,24)28-18/h1-12H,(H,26,27)/b11-9+. The molecule has 1 aliphatic rings. The number of para-hydroxylation sites is 1. The van der Waals surface area contributed by atoms with Gasteiger partial charge in [-0.05, 0) is 42.0 Å². The number of carbonyl (C=O) groups is 1. The Morgan fingerprint density at radius 2 is 1.86 bits per heavy atom. The Kier molecular flexibility index (Phi) is 4.67. The van der Waals surface area contributed by atoms with E-state index in [9.17, 15) is 18.0 Å². The highest BCUT2D eigenvalue weighted by Gasteiger charge is 2.44. The molecule has 2 aromatic carbocycles. The normalized spacial score (nSPS) is 14.2. The molecule has 0 bridgehead atoms. The fourth-order valence-electron chi connectivity index (χ4n) is 2.75. The van der Waals surface area contributed by atoms with E-state index in [-0.39, 0.29) is 23.0 Å². The summed E-state index contributed by atoms with van der Waals surface area (Å²) in [5, 5.41) is 2.46. The topological polar surface area (TPSA) is 60.5 Å². The van der Waals surface area contributed by atoms with Crippen molar-refractivity contribution in [2.45, 2.75) is 6.29 Å². The molecular weight excluding hydrogens is 385 g/mol. The fraction of sp³-hybridized carbons (Fsp3) is 0.0476. The number of carbonyl (C=O) groups excluding carboxylic acids is 1. The van der Waals surface area contributed by atoms with Crippen molar-refractivity contribution in [3.05, 3.63) is 78.3 Å². The van der Waals surface area contributed by atoms with E-state index in [1.54, 1.807) is 30.3 Å². The molecule has 8 heteroatoms. The molecule has 0 spiro atoms. The number of amides is 1. The molecule has 1 aliphatic heterocycles. The third-order valence-corrected chi connectivity index (χ3v) is 4.05. The minimum absolute atomic E-state index is 0.0577. The smallest absolute Gasteiger partial charge is 0.395 e. The van der Waals surface area contributed by atoms with Gasteiger partial charge in [0.15, 0.2) is 11.5 Å². The van der Waals surface area contributed by atoms with Gasteiger partial charge in [-0.2, -0.15) is 0 Å². The Balaban J connectivity index is 1.45. The first-order valence-corrected chi connectivity index (χ1v) is 8.50. The predicted octanol–water partition coefficient (Wildman–Crippen LogP) is 4.86. The van der Waals surface area contributed by atoms with Gasteiger partial charge in [-0.1, -0.05) is 24.3 Å². The monoisotopic (exact) mass is 398 g/mol. The number of halogens is 3. The minimum Gasteiger partial charge on any atom is -0.395 e. The maximum absolute atomic E-state index is 13.8. The zero-order valence-electron chi connectivity index (χ0n) is 14.7. The average molecular weight is 398 g/mol. The van der Waals surface area contributed by atoms with E-state index < -0.39 is 12.2 Å². The van der Waals surface area contributed by atoms with Crippen LogP contribution in [-0.2, 0) is 4.79 Å². The van der Waals surface area contributed by atoms with Gasteiger partial charge in [0.2, 0.25) is 5.91 Å². The van der Waals surface area contributed by atoms with Gasteiger partial charge in [-0.15, -0.1) is 8.78 Å². The number of benzene rings is 2. The summed E-state index contributed by atoms with van der Waals surface area (Å²) in [5.74, 6) is -1.34. The van der Waals surface area contributed by atoms with Gasteiger partial charge in [-0.25, -0.2) is 4.39 Å². The van der Waals surface area contributed by atoms with E-state index >= 15 is 0 Å². The SMILES string of the molecule is O=C(/C=C/c1ccc(-c2ccccc2F)nc1)Nc1cccc2c1OC(F)(F)O2. The zero-order chi connectivity index (χ0) is 20.4. The second-order valence-electron chi connectivity index (χ2n) is 6.08. The molecule has 1 amide bonds. The fourth-order valence-corrected chi connectivity index (χ4v) is 2.75. The molecule has 3 aromatic rings. The van der Waals surface area contributed by atoms with Crippen LogP contribution in [0.4, 0.5) is 18.9 Å². The molecule has 5 nitrogen and oxygen atoms in total. The number of pyridine rings is 1. The van der Waals surface area contributed by atoms with E-state index in [0.29, 0.717) is 16.8 Å². The van der Waals surface area contributed by atoms with Crippen LogP contribution in [-0.4, -0.2) is 17.2 Å². The number of nitrogens with zero attached hydrogens (tertiary/aromatic N) is 1. The van der Waals surface area contributed by atoms with Crippen molar-refractivity contribution in [2.75, 3.05) is 5.32 Å². The number of aromatic nitrogens is 1. The number of fused-ring (bicyclic) bond motifs is 1. The summed E-state index contributed by atoms with van der Waals surface area (Å²) in [6.07, 6.45) is 0.420. The number of alkyl halides is 2. The maximum Gasteiger partial charge on any atom is 0.586 e. The van der Waals surface area contributed by atoms with Crippen molar-refractivity contribution in [1.82, 2.24) is 4.98 Å². The van der Waals surface area contributed by atoms with Crippen LogP contribution in [0.15, 0.2) is 66.9 Å². The Morgan fingerprint density at radius 3 is 2.62 bits per heavy atom. The number of hydrogen-bond donors (Lipinski definition) is 1. The molecule has 1 aromatic heterocycles. The van der Waals surface area contributed by atoms with Crippen molar-refractivity contribution < 1.29 is 27.4 Å². The summed E-state index contributed by atoms with van der Waals surface area (Å²) in [6.45, 7) is 0. The first-order valence-electron chi connectivity index (χ1n) is 8.50. The molecule has 2 heterocycles. The second-order valence-corrected chi connectivity index (χ2v) is 6.08. The molecular formula is C21H13F3N2O3. The Hall–Kier alpha value is -3.81. The summed E-state index contributed by atoms with van der Waals surface area (Å²) in [4.78, 5) is 16.3. The largest absolute Gasteiger partial charge is 0.586 e. The van der Waals surface area contributed by atoms with Gasteiger partial charge < -0.3 is 14.8 Å². The first kappa shape index (κ1) is 18.5. The molecule has 0 unspecified atom stereocenters. The molecule has 29 heavy (non-hydrogen) atoms. The molecule has 0 aliphatic carbocycles. The van der Waals surface area contributed by atoms with Gasteiger partial charge in [0.25, 0.3) is 0 Å². The lowest BCUT2D eigenvalue weighted by atomic mass is 10.1. The van der Waals surface area contributed by atoms with Gasteiger partial charge in [0.1, 0.15) is 5.82 Å². The molecule has 0 fully saturated rings. The third kappa shape index (κ3) is 4.06. The van der Waals surface area contributed by atoms with Gasteiger partial charge in [0.05, 0.1) is 11.4 Å². The highest BCUT2D eigenvalue weighted by molar-refractivity contribution is 6.03. The average Bonchev–Trinajstić information content (AvgIpc) is 3.02. The summed E-state index contributed by atoms with van der Waals surface area (Å²) in [6, 6.07) is 13.8. The minimum atomic E-state index is -3.77. The summed E-state index contributed by atoms with van der Waals surface area (Å²) >= 11 is 0. The highest BCUT2D eigenvalue weighted by Crippen LogP contribution is 2.45. The maximum atomic E-state index is 13.8. The summed E-state index contributed by atoms with van der Waals surface area (Å²) in [7, 11) is 0. The Morgan fingerprint density at radius 1 is 1.03 bits per heavy atom. The van der Waals surface area contributed by atoms with E-state index in [0.717, 1.165) is 0 Å². The molecule has 4 rings (SSSR count). The third-order valence-electron chi connectivity index (χ3n) is 4.05. The van der Waals surface area contributed by atoms with Crippen molar-refractivity contribution in [1.29, 1.82) is 0 Å². The van der Waals surface area contributed by atoms with Crippen LogP contribution >= 0.6 is 0 Å².